The van der Waals surface area contributed by atoms with E-state index in [4.69, 9.17) is 16.1 Å². The minimum absolute atomic E-state index is 0.174. The van der Waals surface area contributed by atoms with Crippen LogP contribution in [0.2, 0.25) is 5.02 Å². The zero-order valence-electron chi connectivity index (χ0n) is 10.2. The summed E-state index contributed by atoms with van der Waals surface area (Å²) < 4.78 is 4.89. The number of carbonyl (C=O) groups excluding carboxylic acids is 1. The maximum atomic E-state index is 12.0. The van der Waals surface area contributed by atoms with Gasteiger partial charge in [-0.15, -0.1) is 0 Å². The minimum atomic E-state index is -0.174. The molecule has 0 fully saturated rings. The van der Waals surface area contributed by atoms with Crippen molar-refractivity contribution in [3.8, 4) is 0 Å². The summed E-state index contributed by atoms with van der Waals surface area (Å²) in [6, 6.07) is 9.03. The highest BCUT2D eigenvalue weighted by Gasteiger charge is 2.16. The Morgan fingerprint density at radius 1 is 1.44 bits per heavy atom. The molecule has 4 nitrogen and oxygen atoms in total. The topological polar surface area (TPSA) is 46.3 Å². The lowest BCUT2D eigenvalue weighted by atomic mass is 10.2. The summed E-state index contributed by atoms with van der Waals surface area (Å²) in [5.74, 6) is 0.446. The number of hydrogen-bond acceptors (Lipinski definition) is 3. The van der Waals surface area contributed by atoms with Crippen LogP contribution in [-0.2, 0) is 6.54 Å². The third-order valence-corrected chi connectivity index (χ3v) is 2.74. The number of hydrogen-bond donors (Lipinski definition) is 0. The molecule has 0 aliphatic heterocycles. The lowest BCUT2D eigenvalue weighted by Crippen LogP contribution is -2.26. The van der Waals surface area contributed by atoms with Crippen molar-refractivity contribution in [1.29, 1.82) is 0 Å². The van der Waals surface area contributed by atoms with Gasteiger partial charge in [-0.25, -0.2) is 0 Å². The van der Waals surface area contributed by atoms with Crippen LogP contribution in [0.15, 0.2) is 34.9 Å². The van der Waals surface area contributed by atoms with Crippen LogP contribution in [-0.4, -0.2) is 23.0 Å². The van der Waals surface area contributed by atoms with Crippen molar-refractivity contribution in [1.82, 2.24) is 10.1 Å². The number of amides is 1. The normalized spacial score (nSPS) is 10.4. The monoisotopic (exact) mass is 264 g/mol. The van der Waals surface area contributed by atoms with E-state index in [1.54, 1.807) is 31.0 Å². The van der Waals surface area contributed by atoms with Gasteiger partial charge in [-0.3, -0.25) is 4.79 Å². The van der Waals surface area contributed by atoms with Crippen molar-refractivity contribution in [2.45, 2.75) is 13.5 Å². The summed E-state index contributed by atoms with van der Waals surface area (Å²) in [7, 11) is 1.72. The summed E-state index contributed by atoms with van der Waals surface area (Å²) >= 11 is 5.90. The lowest BCUT2D eigenvalue weighted by molar-refractivity contribution is 0.0774. The molecule has 2 rings (SSSR count). The van der Waals surface area contributed by atoms with Gasteiger partial charge < -0.3 is 9.42 Å². The van der Waals surface area contributed by atoms with Gasteiger partial charge in [-0.2, -0.15) is 0 Å². The van der Waals surface area contributed by atoms with Crippen molar-refractivity contribution in [3.63, 3.8) is 0 Å². The number of carbonyl (C=O) groups is 1. The zero-order chi connectivity index (χ0) is 13.1. The Labute approximate surface area is 110 Å². The molecule has 0 aliphatic carbocycles. The maximum absolute atomic E-state index is 12.0. The molecule has 0 saturated heterocycles. The number of aryl methyl sites for hydroxylation is 1. The van der Waals surface area contributed by atoms with Gasteiger partial charge in [0, 0.05) is 24.7 Å². The van der Waals surface area contributed by atoms with Gasteiger partial charge in [0.2, 0.25) is 0 Å². The Balaban J connectivity index is 2.08. The third-order valence-electron chi connectivity index (χ3n) is 2.50. The number of rotatable bonds is 3. The number of nitrogens with zero attached hydrogens (tertiary/aromatic N) is 2. The Kier molecular flexibility index (Phi) is 3.67. The Morgan fingerprint density at radius 2 is 2.22 bits per heavy atom. The van der Waals surface area contributed by atoms with E-state index in [0.717, 1.165) is 5.56 Å². The van der Waals surface area contributed by atoms with Gasteiger partial charge in [0.15, 0.2) is 5.69 Å². The van der Waals surface area contributed by atoms with Gasteiger partial charge in [0.25, 0.3) is 5.91 Å². The average Bonchev–Trinajstić information content (AvgIpc) is 2.75. The van der Waals surface area contributed by atoms with E-state index in [-0.39, 0.29) is 5.91 Å². The summed E-state index contributed by atoms with van der Waals surface area (Å²) in [6.07, 6.45) is 0. The second-order valence-electron chi connectivity index (χ2n) is 4.11. The summed E-state index contributed by atoms with van der Waals surface area (Å²) in [5, 5.41) is 4.36. The molecule has 0 saturated carbocycles. The molecule has 94 valence electrons. The van der Waals surface area contributed by atoms with Crippen molar-refractivity contribution >= 4 is 17.5 Å². The summed E-state index contributed by atoms with van der Waals surface area (Å²) in [5.41, 5.74) is 1.29. The smallest absolute Gasteiger partial charge is 0.276 e. The van der Waals surface area contributed by atoms with Crippen molar-refractivity contribution in [3.05, 3.63) is 52.4 Å². The van der Waals surface area contributed by atoms with Crippen LogP contribution in [0, 0.1) is 6.92 Å². The molecule has 0 bridgehead atoms. The van der Waals surface area contributed by atoms with Crippen LogP contribution >= 0.6 is 11.6 Å². The van der Waals surface area contributed by atoms with Gasteiger partial charge in [-0.1, -0.05) is 28.9 Å². The first-order valence-corrected chi connectivity index (χ1v) is 5.87. The van der Waals surface area contributed by atoms with Crippen molar-refractivity contribution in [2.75, 3.05) is 7.05 Å². The van der Waals surface area contributed by atoms with Gasteiger partial charge in [0.05, 0.1) is 0 Å². The van der Waals surface area contributed by atoms with E-state index in [2.05, 4.69) is 5.16 Å². The van der Waals surface area contributed by atoms with Crippen molar-refractivity contribution < 1.29 is 9.32 Å². The largest absolute Gasteiger partial charge is 0.361 e. The number of benzene rings is 1. The van der Waals surface area contributed by atoms with E-state index in [1.165, 1.54) is 0 Å². The molecular formula is C13H13ClN2O2. The number of halogens is 1. The quantitative estimate of drug-likeness (QED) is 0.856. The maximum Gasteiger partial charge on any atom is 0.276 e. The highest BCUT2D eigenvalue weighted by Crippen LogP contribution is 2.13. The molecule has 1 amide bonds. The molecule has 1 heterocycles. The summed E-state index contributed by atoms with van der Waals surface area (Å²) in [6.45, 7) is 2.23. The third kappa shape index (κ3) is 2.90. The molecule has 0 aliphatic rings. The predicted octanol–water partition coefficient (Wildman–Crippen LogP) is 2.91. The molecule has 0 radical (unpaired) electrons. The van der Waals surface area contributed by atoms with E-state index in [9.17, 15) is 4.79 Å². The Morgan fingerprint density at radius 3 is 2.83 bits per heavy atom. The van der Waals surface area contributed by atoms with Crippen LogP contribution < -0.4 is 0 Å². The first-order valence-electron chi connectivity index (χ1n) is 5.49. The lowest BCUT2D eigenvalue weighted by Gasteiger charge is -2.15. The molecule has 5 heteroatoms. The van der Waals surface area contributed by atoms with Crippen molar-refractivity contribution in [2.24, 2.45) is 0 Å². The molecular weight excluding hydrogens is 252 g/mol. The Hall–Kier alpha value is -1.81. The van der Waals surface area contributed by atoms with Crippen LogP contribution in [0.1, 0.15) is 21.8 Å². The molecule has 2 aromatic rings. The fraction of sp³-hybridized carbons (Fsp3) is 0.231. The van der Waals surface area contributed by atoms with E-state index < -0.39 is 0 Å². The molecule has 18 heavy (non-hydrogen) atoms. The number of aromatic nitrogens is 1. The van der Waals surface area contributed by atoms with Crippen LogP contribution in [0.3, 0.4) is 0 Å². The van der Waals surface area contributed by atoms with E-state index in [0.29, 0.717) is 23.0 Å². The Bertz CT molecular complexity index is 566. The first-order chi connectivity index (χ1) is 8.56. The van der Waals surface area contributed by atoms with Crippen LogP contribution in [0.25, 0.3) is 0 Å². The van der Waals surface area contributed by atoms with E-state index in [1.807, 2.05) is 18.2 Å². The molecule has 0 atom stereocenters. The highest BCUT2D eigenvalue weighted by molar-refractivity contribution is 6.30. The van der Waals surface area contributed by atoms with Crippen LogP contribution in [0.4, 0.5) is 0 Å². The van der Waals surface area contributed by atoms with E-state index >= 15 is 0 Å². The molecule has 1 aromatic carbocycles. The predicted molar refractivity (Wildman–Crippen MR) is 68.5 cm³/mol. The second kappa shape index (κ2) is 5.23. The molecule has 1 aromatic heterocycles. The fourth-order valence-electron chi connectivity index (χ4n) is 1.64. The summed E-state index contributed by atoms with van der Waals surface area (Å²) in [4.78, 5) is 13.6. The first kappa shape index (κ1) is 12.6. The highest BCUT2D eigenvalue weighted by atomic mass is 35.5. The SMILES string of the molecule is Cc1cc(C(=O)N(C)Cc2cccc(Cl)c2)no1. The minimum Gasteiger partial charge on any atom is -0.361 e. The standard InChI is InChI=1S/C13H13ClN2O2/c1-9-6-12(15-18-9)13(17)16(2)8-10-4-3-5-11(14)7-10/h3-7H,8H2,1-2H3. The molecule has 0 unspecified atom stereocenters. The zero-order valence-corrected chi connectivity index (χ0v) is 10.9. The molecule has 0 N–H and O–H groups in total. The van der Waals surface area contributed by atoms with Crippen LogP contribution in [0.5, 0.6) is 0 Å². The fourth-order valence-corrected chi connectivity index (χ4v) is 1.86. The second-order valence-corrected chi connectivity index (χ2v) is 4.55. The van der Waals surface area contributed by atoms with Gasteiger partial charge in [0.1, 0.15) is 5.76 Å². The average molecular weight is 265 g/mol. The van der Waals surface area contributed by atoms with Gasteiger partial charge in [-0.05, 0) is 24.6 Å². The molecule has 0 spiro atoms. The van der Waals surface area contributed by atoms with Gasteiger partial charge >= 0.3 is 0 Å².